The molecule has 1 aliphatic rings. The summed E-state index contributed by atoms with van der Waals surface area (Å²) in [6.07, 6.45) is 0.902. The van der Waals surface area contributed by atoms with Crippen molar-refractivity contribution in [1.29, 1.82) is 0 Å². The lowest BCUT2D eigenvalue weighted by Crippen LogP contribution is -2.36. The third kappa shape index (κ3) is 1.14. The molecular weight excluding hydrogens is 128 g/mol. The Morgan fingerprint density at radius 2 is 2.30 bits per heavy atom. The van der Waals surface area contributed by atoms with Crippen LogP contribution in [0, 0.1) is 5.41 Å². The zero-order valence-electron chi connectivity index (χ0n) is 6.55. The van der Waals surface area contributed by atoms with E-state index in [1.807, 2.05) is 14.0 Å². The van der Waals surface area contributed by atoms with Crippen molar-refractivity contribution in [1.82, 2.24) is 4.90 Å². The predicted octanol–water partition coefficient (Wildman–Crippen LogP) is -0.187. The van der Waals surface area contributed by atoms with Crippen molar-refractivity contribution >= 4 is 5.91 Å². The second-order valence-electron chi connectivity index (χ2n) is 3.41. The Bertz CT molecular complexity index is 158. The topological polar surface area (TPSA) is 46.3 Å². The number of nitrogens with two attached hydrogens (primary N) is 1. The maximum absolute atomic E-state index is 10.9. The molecule has 2 N–H and O–H groups in total. The van der Waals surface area contributed by atoms with E-state index in [1.54, 1.807) is 0 Å². The van der Waals surface area contributed by atoms with Crippen molar-refractivity contribution in [2.75, 3.05) is 20.1 Å². The first-order chi connectivity index (χ1) is 4.54. The van der Waals surface area contributed by atoms with Crippen LogP contribution in [0.4, 0.5) is 0 Å². The van der Waals surface area contributed by atoms with E-state index in [-0.39, 0.29) is 11.3 Å². The van der Waals surface area contributed by atoms with Gasteiger partial charge in [-0.1, -0.05) is 0 Å². The lowest BCUT2D eigenvalue weighted by molar-refractivity contribution is -0.126. The van der Waals surface area contributed by atoms with Gasteiger partial charge in [0.2, 0.25) is 5.91 Å². The molecule has 10 heavy (non-hydrogen) atoms. The number of likely N-dealkylation sites (tertiary alicyclic amines) is 1. The molecule has 1 saturated heterocycles. The Labute approximate surface area is 61.2 Å². The first-order valence-corrected chi connectivity index (χ1v) is 3.53. The van der Waals surface area contributed by atoms with Crippen LogP contribution in [0.25, 0.3) is 0 Å². The van der Waals surface area contributed by atoms with Gasteiger partial charge < -0.3 is 10.6 Å². The fraction of sp³-hybridized carbons (Fsp3) is 0.857. The van der Waals surface area contributed by atoms with Gasteiger partial charge in [-0.15, -0.1) is 0 Å². The highest BCUT2D eigenvalue weighted by atomic mass is 16.1. The molecule has 1 rings (SSSR count). The van der Waals surface area contributed by atoms with Gasteiger partial charge in [0, 0.05) is 6.54 Å². The summed E-state index contributed by atoms with van der Waals surface area (Å²) in [5.41, 5.74) is 4.96. The minimum Gasteiger partial charge on any atom is -0.369 e. The van der Waals surface area contributed by atoms with Gasteiger partial charge in [0.05, 0.1) is 5.41 Å². The Morgan fingerprint density at radius 3 is 2.50 bits per heavy atom. The summed E-state index contributed by atoms with van der Waals surface area (Å²) in [5, 5.41) is 0. The molecule has 1 atom stereocenters. The third-order valence-electron chi connectivity index (χ3n) is 2.26. The monoisotopic (exact) mass is 142 g/mol. The van der Waals surface area contributed by atoms with Crippen molar-refractivity contribution < 1.29 is 4.79 Å². The molecule has 1 heterocycles. The standard InChI is InChI=1S/C7H14N2O/c1-7(6(8)10)3-4-9(2)5-7/h3-5H2,1-2H3,(H2,8,10). The maximum atomic E-state index is 10.9. The molecule has 58 valence electrons. The van der Waals surface area contributed by atoms with Crippen molar-refractivity contribution in [3.05, 3.63) is 0 Å². The van der Waals surface area contributed by atoms with Crippen LogP contribution in [0.15, 0.2) is 0 Å². The highest BCUT2D eigenvalue weighted by molar-refractivity contribution is 5.81. The maximum Gasteiger partial charge on any atom is 0.224 e. The van der Waals surface area contributed by atoms with E-state index >= 15 is 0 Å². The van der Waals surface area contributed by atoms with Crippen LogP contribution in [0.2, 0.25) is 0 Å². The van der Waals surface area contributed by atoms with E-state index in [2.05, 4.69) is 4.90 Å². The van der Waals surface area contributed by atoms with Gasteiger partial charge in [-0.2, -0.15) is 0 Å². The Kier molecular flexibility index (Phi) is 1.68. The molecule has 0 aromatic rings. The minimum atomic E-state index is -0.269. The normalized spacial score (nSPS) is 34.6. The fourth-order valence-electron chi connectivity index (χ4n) is 1.39. The first-order valence-electron chi connectivity index (χ1n) is 3.53. The number of primary amides is 1. The molecule has 0 aromatic heterocycles. The summed E-state index contributed by atoms with van der Waals surface area (Å²) >= 11 is 0. The van der Waals surface area contributed by atoms with Crippen LogP contribution >= 0.6 is 0 Å². The van der Waals surface area contributed by atoms with Crippen molar-refractivity contribution in [3.8, 4) is 0 Å². The Morgan fingerprint density at radius 1 is 1.70 bits per heavy atom. The van der Waals surface area contributed by atoms with E-state index in [0.717, 1.165) is 19.5 Å². The number of carbonyl (C=O) groups excluding carboxylic acids is 1. The van der Waals surface area contributed by atoms with E-state index in [0.29, 0.717) is 0 Å². The largest absolute Gasteiger partial charge is 0.369 e. The average molecular weight is 142 g/mol. The lowest BCUT2D eigenvalue weighted by atomic mass is 9.89. The molecule has 0 spiro atoms. The second-order valence-corrected chi connectivity index (χ2v) is 3.41. The smallest absolute Gasteiger partial charge is 0.224 e. The molecule has 0 aliphatic carbocycles. The van der Waals surface area contributed by atoms with Gasteiger partial charge >= 0.3 is 0 Å². The van der Waals surface area contributed by atoms with Crippen molar-refractivity contribution in [2.24, 2.45) is 11.1 Å². The van der Waals surface area contributed by atoms with E-state index in [4.69, 9.17) is 5.73 Å². The molecule has 0 bridgehead atoms. The van der Waals surface area contributed by atoms with Crippen molar-refractivity contribution in [3.63, 3.8) is 0 Å². The lowest BCUT2D eigenvalue weighted by Gasteiger charge is -2.18. The fourth-order valence-corrected chi connectivity index (χ4v) is 1.39. The summed E-state index contributed by atoms with van der Waals surface area (Å²) in [7, 11) is 2.01. The summed E-state index contributed by atoms with van der Waals surface area (Å²) in [6, 6.07) is 0. The molecule has 0 radical (unpaired) electrons. The average Bonchev–Trinajstić information content (AvgIpc) is 2.13. The van der Waals surface area contributed by atoms with Gasteiger partial charge in [0.1, 0.15) is 0 Å². The summed E-state index contributed by atoms with van der Waals surface area (Å²) < 4.78 is 0. The Hall–Kier alpha value is -0.570. The SMILES string of the molecule is CN1CCC(C)(C(N)=O)C1. The molecule has 1 fully saturated rings. The molecule has 3 heteroatoms. The summed E-state index contributed by atoms with van der Waals surface area (Å²) in [5.74, 6) is -0.170. The molecule has 1 unspecified atom stereocenters. The number of nitrogens with zero attached hydrogens (tertiary/aromatic N) is 1. The molecule has 1 aliphatic heterocycles. The van der Waals surface area contributed by atoms with Gasteiger partial charge in [0.15, 0.2) is 0 Å². The second kappa shape index (κ2) is 2.23. The minimum absolute atomic E-state index is 0.170. The van der Waals surface area contributed by atoms with Crippen molar-refractivity contribution in [2.45, 2.75) is 13.3 Å². The van der Waals surface area contributed by atoms with Crippen LogP contribution in [0.1, 0.15) is 13.3 Å². The highest BCUT2D eigenvalue weighted by Crippen LogP contribution is 2.27. The van der Waals surface area contributed by atoms with Gasteiger partial charge in [-0.25, -0.2) is 0 Å². The molecule has 0 saturated carbocycles. The van der Waals surface area contributed by atoms with Crippen LogP contribution in [-0.4, -0.2) is 30.9 Å². The molecule has 3 nitrogen and oxygen atoms in total. The number of hydrogen-bond acceptors (Lipinski definition) is 2. The van der Waals surface area contributed by atoms with E-state index in [9.17, 15) is 4.79 Å². The zero-order valence-corrected chi connectivity index (χ0v) is 6.55. The van der Waals surface area contributed by atoms with E-state index < -0.39 is 0 Å². The zero-order chi connectivity index (χ0) is 7.78. The van der Waals surface area contributed by atoms with Gasteiger partial charge in [-0.05, 0) is 26.9 Å². The van der Waals surface area contributed by atoms with E-state index in [1.165, 1.54) is 0 Å². The quantitative estimate of drug-likeness (QED) is 0.551. The van der Waals surface area contributed by atoms with Gasteiger partial charge in [0.25, 0.3) is 0 Å². The number of hydrogen-bond donors (Lipinski definition) is 1. The van der Waals surface area contributed by atoms with Crippen LogP contribution in [-0.2, 0) is 4.79 Å². The van der Waals surface area contributed by atoms with Crippen LogP contribution in [0.3, 0.4) is 0 Å². The predicted molar refractivity (Wildman–Crippen MR) is 39.4 cm³/mol. The first kappa shape index (κ1) is 7.54. The number of carbonyl (C=O) groups is 1. The summed E-state index contributed by atoms with van der Waals surface area (Å²) in [4.78, 5) is 13.0. The highest BCUT2D eigenvalue weighted by Gasteiger charge is 2.36. The summed E-state index contributed by atoms with van der Waals surface area (Å²) in [6.45, 7) is 3.72. The third-order valence-corrected chi connectivity index (χ3v) is 2.26. The molecular formula is C7H14N2O. The Balaban J connectivity index is 2.63. The number of amides is 1. The van der Waals surface area contributed by atoms with Gasteiger partial charge in [-0.3, -0.25) is 4.79 Å². The molecule has 1 amide bonds. The molecule has 0 aromatic carbocycles. The van der Waals surface area contributed by atoms with Crippen LogP contribution in [0.5, 0.6) is 0 Å². The van der Waals surface area contributed by atoms with Crippen LogP contribution < -0.4 is 5.73 Å². The number of rotatable bonds is 1.